The first kappa shape index (κ1) is 19.4. The molecule has 1 aromatic heterocycles. The first-order valence-electron chi connectivity index (χ1n) is 9.57. The highest BCUT2D eigenvalue weighted by molar-refractivity contribution is 5.84. The summed E-state index contributed by atoms with van der Waals surface area (Å²) in [7, 11) is 1.71. The SMILES string of the molecule is COc1ccccc1CN1CCC(NC(=O)C(C)c2c(C)noc2C)CC1. The van der Waals surface area contributed by atoms with Crippen LogP contribution in [0.3, 0.4) is 0 Å². The number of piperidine rings is 1. The van der Waals surface area contributed by atoms with E-state index in [0.717, 1.165) is 55.2 Å². The summed E-state index contributed by atoms with van der Waals surface area (Å²) in [6, 6.07) is 8.36. The Hall–Kier alpha value is -2.34. The van der Waals surface area contributed by atoms with E-state index in [0.29, 0.717) is 0 Å². The second kappa shape index (κ2) is 8.57. The minimum atomic E-state index is -0.247. The number of aromatic nitrogens is 1. The smallest absolute Gasteiger partial charge is 0.227 e. The van der Waals surface area contributed by atoms with Crippen molar-refractivity contribution >= 4 is 5.91 Å². The molecule has 1 aromatic carbocycles. The number of aryl methyl sites for hydroxylation is 2. The van der Waals surface area contributed by atoms with Crippen molar-refractivity contribution in [1.82, 2.24) is 15.4 Å². The van der Waals surface area contributed by atoms with Crippen molar-refractivity contribution in [3.63, 3.8) is 0 Å². The molecular formula is C21H29N3O3. The molecule has 1 amide bonds. The molecule has 6 nitrogen and oxygen atoms in total. The van der Waals surface area contributed by atoms with E-state index in [2.05, 4.69) is 21.4 Å². The Morgan fingerprint density at radius 1 is 1.33 bits per heavy atom. The van der Waals surface area contributed by atoms with Gasteiger partial charge in [-0.15, -0.1) is 0 Å². The highest BCUT2D eigenvalue weighted by atomic mass is 16.5. The highest BCUT2D eigenvalue weighted by Gasteiger charge is 2.27. The molecule has 2 heterocycles. The number of benzene rings is 1. The number of rotatable bonds is 6. The number of hydrogen-bond donors (Lipinski definition) is 1. The lowest BCUT2D eigenvalue weighted by Crippen LogP contribution is -2.45. The van der Waals surface area contributed by atoms with Gasteiger partial charge in [0.05, 0.1) is 18.7 Å². The molecular weight excluding hydrogens is 342 g/mol. The molecule has 0 saturated carbocycles. The molecule has 0 spiro atoms. The van der Waals surface area contributed by atoms with Gasteiger partial charge in [0.15, 0.2) is 0 Å². The lowest BCUT2D eigenvalue weighted by atomic mass is 9.97. The van der Waals surface area contributed by atoms with Gasteiger partial charge in [0, 0.05) is 36.8 Å². The molecule has 1 aliphatic rings. The van der Waals surface area contributed by atoms with Crippen LogP contribution >= 0.6 is 0 Å². The normalized spacial score (nSPS) is 16.9. The number of carbonyl (C=O) groups excluding carboxylic acids is 1. The van der Waals surface area contributed by atoms with E-state index in [1.807, 2.05) is 39.0 Å². The zero-order chi connectivity index (χ0) is 19.4. The van der Waals surface area contributed by atoms with Gasteiger partial charge < -0.3 is 14.6 Å². The topological polar surface area (TPSA) is 67.6 Å². The summed E-state index contributed by atoms with van der Waals surface area (Å²) in [6.45, 7) is 8.45. The van der Waals surface area contributed by atoms with Crippen molar-refractivity contribution in [2.75, 3.05) is 20.2 Å². The van der Waals surface area contributed by atoms with E-state index in [4.69, 9.17) is 9.26 Å². The van der Waals surface area contributed by atoms with Gasteiger partial charge in [0.1, 0.15) is 11.5 Å². The van der Waals surface area contributed by atoms with E-state index in [-0.39, 0.29) is 17.9 Å². The highest BCUT2D eigenvalue weighted by Crippen LogP contribution is 2.25. The standard InChI is InChI=1S/C21H29N3O3/c1-14(20-15(2)23-27-16(20)3)21(25)22-18-9-11-24(12-10-18)13-17-7-5-6-8-19(17)26-4/h5-8,14,18H,9-13H2,1-4H3,(H,22,25). The molecule has 0 bridgehead atoms. The molecule has 1 N–H and O–H groups in total. The van der Waals surface area contributed by atoms with Gasteiger partial charge >= 0.3 is 0 Å². The van der Waals surface area contributed by atoms with E-state index in [9.17, 15) is 4.79 Å². The maximum atomic E-state index is 12.7. The fraction of sp³-hybridized carbons (Fsp3) is 0.524. The number of amides is 1. The van der Waals surface area contributed by atoms with Crippen LogP contribution in [-0.4, -0.2) is 42.2 Å². The molecule has 2 aromatic rings. The summed E-state index contributed by atoms with van der Waals surface area (Å²) < 4.78 is 10.6. The molecule has 0 aliphatic carbocycles. The van der Waals surface area contributed by atoms with Gasteiger partial charge in [-0.05, 0) is 39.7 Å². The minimum Gasteiger partial charge on any atom is -0.496 e. The Balaban J connectivity index is 1.51. The fourth-order valence-electron chi connectivity index (χ4n) is 3.88. The van der Waals surface area contributed by atoms with E-state index >= 15 is 0 Å². The van der Waals surface area contributed by atoms with Crippen LogP contribution in [0.4, 0.5) is 0 Å². The van der Waals surface area contributed by atoms with Crippen molar-refractivity contribution in [2.45, 2.75) is 52.1 Å². The molecule has 1 fully saturated rings. The van der Waals surface area contributed by atoms with Gasteiger partial charge in [0.2, 0.25) is 5.91 Å². The molecule has 3 rings (SSSR count). The number of ether oxygens (including phenoxy) is 1. The summed E-state index contributed by atoms with van der Waals surface area (Å²) >= 11 is 0. The quantitative estimate of drug-likeness (QED) is 0.845. The van der Waals surface area contributed by atoms with Gasteiger partial charge in [-0.25, -0.2) is 0 Å². The summed E-state index contributed by atoms with van der Waals surface area (Å²) in [5.41, 5.74) is 2.90. The molecule has 27 heavy (non-hydrogen) atoms. The van der Waals surface area contributed by atoms with Crippen molar-refractivity contribution in [2.24, 2.45) is 0 Å². The maximum absolute atomic E-state index is 12.7. The van der Waals surface area contributed by atoms with Gasteiger partial charge in [-0.1, -0.05) is 23.4 Å². The van der Waals surface area contributed by atoms with Gasteiger partial charge in [0.25, 0.3) is 0 Å². The second-order valence-corrected chi connectivity index (χ2v) is 7.33. The maximum Gasteiger partial charge on any atom is 0.227 e. The second-order valence-electron chi connectivity index (χ2n) is 7.33. The van der Waals surface area contributed by atoms with E-state index in [1.165, 1.54) is 5.56 Å². The summed E-state index contributed by atoms with van der Waals surface area (Å²) in [5, 5.41) is 7.17. The largest absolute Gasteiger partial charge is 0.496 e. The number of carbonyl (C=O) groups is 1. The first-order valence-corrected chi connectivity index (χ1v) is 9.57. The number of hydrogen-bond acceptors (Lipinski definition) is 5. The van der Waals surface area contributed by atoms with Gasteiger partial charge in [-0.2, -0.15) is 0 Å². The van der Waals surface area contributed by atoms with Crippen molar-refractivity contribution in [1.29, 1.82) is 0 Å². The van der Waals surface area contributed by atoms with Crippen LogP contribution in [0, 0.1) is 13.8 Å². The third kappa shape index (κ3) is 4.50. The number of nitrogens with one attached hydrogen (secondary N) is 1. The lowest BCUT2D eigenvalue weighted by molar-refractivity contribution is -0.123. The molecule has 1 unspecified atom stereocenters. The van der Waals surface area contributed by atoms with Crippen LogP contribution in [0.1, 0.15) is 48.3 Å². The summed E-state index contributed by atoms with van der Waals surface area (Å²) in [4.78, 5) is 15.1. The number of methoxy groups -OCH3 is 1. The van der Waals surface area contributed by atoms with E-state index < -0.39 is 0 Å². The molecule has 146 valence electrons. The fourth-order valence-corrected chi connectivity index (χ4v) is 3.88. The average molecular weight is 371 g/mol. The Labute approximate surface area is 160 Å². The number of likely N-dealkylation sites (tertiary alicyclic amines) is 1. The monoisotopic (exact) mass is 371 g/mol. The van der Waals surface area contributed by atoms with Gasteiger partial charge in [-0.3, -0.25) is 9.69 Å². The Morgan fingerprint density at radius 3 is 2.67 bits per heavy atom. The lowest BCUT2D eigenvalue weighted by Gasteiger charge is -2.33. The Bertz CT molecular complexity index is 759. The number of nitrogens with zero attached hydrogens (tertiary/aromatic N) is 2. The summed E-state index contributed by atoms with van der Waals surface area (Å²) in [6.07, 6.45) is 1.91. The third-order valence-corrected chi connectivity index (χ3v) is 5.44. The van der Waals surface area contributed by atoms with Crippen LogP contribution in [0.2, 0.25) is 0 Å². The van der Waals surface area contributed by atoms with Crippen LogP contribution in [-0.2, 0) is 11.3 Å². The third-order valence-electron chi connectivity index (χ3n) is 5.44. The Kier molecular flexibility index (Phi) is 6.16. The zero-order valence-corrected chi connectivity index (χ0v) is 16.6. The molecule has 1 aliphatic heterocycles. The Morgan fingerprint density at radius 2 is 2.04 bits per heavy atom. The van der Waals surface area contributed by atoms with E-state index in [1.54, 1.807) is 7.11 Å². The first-order chi connectivity index (χ1) is 13.0. The molecule has 0 radical (unpaired) electrons. The van der Waals surface area contributed by atoms with Crippen molar-refractivity contribution in [3.8, 4) is 5.75 Å². The number of para-hydroxylation sites is 1. The minimum absolute atomic E-state index is 0.0487. The van der Waals surface area contributed by atoms with Crippen LogP contribution in [0.5, 0.6) is 5.75 Å². The molecule has 1 saturated heterocycles. The van der Waals surface area contributed by atoms with Crippen molar-refractivity contribution < 1.29 is 14.1 Å². The average Bonchev–Trinajstić information content (AvgIpc) is 3.01. The predicted molar refractivity (Wildman–Crippen MR) is 104 cm³/mol. The van der Waals surface area contributed by atoms with Crippen molar-refractivity contribution in [3.05, 3.63) is 46.8 Å². The molecule has 1 atom stereocenters. The molecule has 6 heteroatoms. The summed E-state index contributed by atoms with van der Waals surface area (Å²) in [5.74, 6) is 1.46. The van der Waals surface area contributed by atoms with Crippen LogP contribution in [0.15, 0.2) is 28.8 Å². The van der Waals surface area contributed by atoms with Crippen LogP contribution < -0.4 is 10.1 Å². The van der Waals surface area contributed by atoms with Crippen LogP contribution in [0.25, 0.3) is 0 Å². The predicted octanol–water partition coefficient (Wildman–Crippen LogP) is 3.18. The zero-order valence-electron chi connectivity index (χ0n) is 16.6.